The summed E-state index contributed by atoms with van der Waals surface area (Å²) in [5.41, 5.74) is 5.38. The van der Waals surface area contributed by atoms with Gasteiger partial charge in [-0.05, 0) is 24.1 Å². The second kappa shape index (κ2) is 7.33. The number of aryl methyl sites for hydroxylation is 1. The molecule has 4 aromatic rings. The smallest absolute Gasteiger partial charge is 0.268 e. The minimum absolute atomic E-state index is 0.159. The number of carbonyl (C=O) groups excluding carboxylic acids is 1. The van der Waals surface area contributed by atoms with Crippen LogP contribution in [0.15, 0.2) is 71.3 Å². The molecule has 2 heterocycles. The Balaban J connectivity index is 1.61. The summed E-state index contributed by atoms with van der Waals surface area (Å²) < 4.78 is 7.48. The maximum Gasteiger partial charge on any atom is 0.268 e. The van der Waals surface area contributed by atoms with Gasteiger partial charge in [0.2, 0.25) is 0 Å². The van der Waals surface area contributed by atoms with Crippen LogP contribution in [-0.2, 0) is 13.1 Å². The van der Waals surface area contributed by atoms with Crippen molar-refractivity contribution in [1.29, 1.82) is 0 Å². The molecule has 0 atom stereocenters. The van der Waals surface area contributed by atoms with E-state index in [9.17, 15) is 4.79 Å². The third-order valence-corrected chi connectivity index (χ3v) is 4.98. The maximum atomic E-state index is 12.8. The molecule has 4 rings (SSSR count). The fourth-order valence-corrected chi connectivity index (χ4v) is 3.32. The van der Waals surface area contributed by atoms with Gasteiger partial charge < -0.3 is 14.3 Å². The first-order chi connectivity index (χ1) is 13.1. The van der Waals surface area contributed by atoms with E-state index in [0.29, 0.717) is 29.4 Å². The number of nitrogens with zero attached hydrogens (tertiary/aromatic N) is 1. The van der Waals surface area contributed by atoms with Crippen LogP contribution in [0.4, 0.5) is 0 Å². The number of amides is 1. The lowest BCUT2D eigenvalue weighted by Crippen LogP contribution is -2.25. The number of nitrogens with one attached hydrogen (secondary N) is 1. The third kappa shape index (κ3) is 3.62. The molecular weight excluding hydrogens is 360 g/mol. The van der Waals surface area contributed by atoms with Crippen LogP contribution in [-0.4, -0.2) is 10.5 Å². The average molecular weight is 379 g/mol. The van der Waals surface area contributed by atoms with E-state index >= 15 is 0 Å². The van der Waals surface area contributed by atoms with Crippen molar-refractivity contribution in [1.82, 2.24) is 9.88 Å². The zero-order valence-electron chi connectivity index (χ0n) is 14.9. The fourth-order valence-electron chi connectivity index (χ4n) is 3.12. The molecule has 0 saturated carbocycles. The maximum absolute atomic E-state index is 12.8. The summed E-state index contributed by atoms with van der Waals surface area (Å²) in [6, 6.07) is 19.5. The van der Waals surface area contributed by atoms with Crippen LogP contribution in [0.25, 0.3) is 11.1 Å². The molecule has 136 valence electrons. The molecule has 0 fully saturated rings. The Morgan fingerprint density at radius 3 is 2.67 bits per heavy atom. The van der Waals surface area contributed by atoms with Crippen molar-refractivity contribution >= 4 is 28.6 Å². The first-order valence-corrected chi connectivity index (χ1v) is 9.13. The lowest BCUT2D eigenvalue weighted by molar-refractivity contribution is 0.0942. The van der Waals surface area contributed by atoms with Crippen LogP contribution in [0.3, 0.4) is 0 Å². The minimum Gasteiger partial charge on any atom is -0.463 e. The number of hydrogen-bond acceptors (Lipinski definition) is 2. The van der Waals surface area contributed by atoms with Gasteiger partial charge in [0.15, 0.2) is 5.58 Å². The van der Waals surface area contributed by atoms with Crippen LogP contribution in [0.5, 0.6) is 0 Å². The minimum atomic E-state index is -0.159. The number of fused-ring (bicyclic) bond motifs is 1. The molecule has 1 N–H and O–H groups in total. The number of aromatic nitrogens is 1. The molecule has 0 aliphatic rings. The average Bonchev–Trinajstić information content (AvgIpc) is 3.25. The van der Waals surface area contributed by atoms with E-state index in [-0.39, 0.29) is 5.91 Å². The number of halogens is 1. The van der Waals surface area contributed by atoms with Gasteiger partial charge in [-0.15, -0.1) is 0 Å². The summed E-state index contributed by atoms with van der Waals surface area (Å²) in [5.74, 6) is -0.159. The molecular formula is C22H19ClN2O2. The molecule has 0 radical (unpaired) electrons. The molecule has 0 aliphatic carbocycles. The zero-order chi connectivity index (χ0) is 18.8. The molecule has 0 unspecified atom stereocenters. The molecule has 0 aliphatic heterocycles. The van der Waals surface area contributed by atoms with Crippen LogP contribution >= 0.6 is 11.6 Å². The molecule has 0 bridgehead atoms. The normalized spacial score (nSPS) is 11.0. The Labute approximate surface area is 162 Å². The summed E-state index contributed by atoms with van der Waals surface area (Å²) in [5, 5.41) is 3.60. The molecule has 0 saturated heterocycles. The Morgan fingerprint density at radius 2 is 1.89 bits per heavy atom. The van der Waals surface area contributed by atoms with E-state index in [4.69, 9.17) is 16.0 Å². The van der Waals surface area contributed by atoms with Crippen LogP contribution in [0.2, 0.25) is 5.02 Å². The first kappa shape index (κ1) is 17.4. The van der Waals surface area contributed by atoms with Crippen LogP contribution in [0.1, 0.15) is 27.2 Å². The van der Waals surface area contributed by atoms with Gasteiger partial charge in [-0.25, -0.2) is 0 Å². The van der Waals surface area contributed by atoms with Crippen LogP contribution in [0, 0.1) is 6.92 Å². The Kier molecular flexibility index (Phi) is 4.73. The fraction of sp³-hybridized carbons (Fsp3) is 0.136. The highest BCUT2D eigenvalue weighted by Gasteiger charge is 2.18. The Bertz CT molecular complexity index is 1090. The van der Waals surface area contributed by atoms with Gasteiger partial charge in [-0.1, -0.05) is 59.6 Å². The number of carbonyl (C=O) groups is 1. The SMILES string of the molecule is Cc1ccc(Cn2c(C(=O)NCc3ccccc3Cl)cc3occc32)cc1. The number of hydrogen-bond donors (Lipinski definition) is 1. The molecule has 1 amide bonds. The second-order valence-corrected chi connectivity index (χ2v) is 6.95. The van der Waals surface area contributed by atoms with Gasteiger partial charge >= 0.3 is 0 Å². The van der Waals surface area contributed by atoms with Gasteiger partial charge in [-0.3, -0.25) is 4.79 Å². The van der Waals surface area contributed by atoms with Crippen molar-refractivity contribution in [2.24, 2.45) is 0 Å². The predicted molar refractivity (Wildman–Crippen MR) is 107 cm³/mol. The topological polar surface area (TPSA) is 47.2 Å². The van der Waals surface area contributed by atoms with Gasteiger partial charge in [0.1, 0.15) is 5.69 Å². The molecule has 2 aromatic carbocycles. The predicted octanol–water partition coefficient (Wildman–Crippen LogP) is 5.17. The highest BCUT2D eigenvalue weighted by molar-refractivity contribution is 6.31. The monoisotopic (exact) mass is 378 g/mol. The molecule has 4 nitrogen and oxygen atoms in total. The van der Waals surface area contributed by atoms with Crippen LogP contribution < -0.4 is 5.32 Å². The van der Waals surface area contributed by atoms with E-state index < -0.39 is 0 Å². The summed E-state index contributed by atoms with van der Waals surface area (Å²) in [6.07, 6.45) is 1.64. The van der Waals surface area contributed by atoms with E-state index in [1.54, 1.807) is 12.3 Å². The van der Waals surface area contributed by atoms with E-state index in [2.05, 4.69) is 36.5 Å². The van der Waals surface area contributed by atoms with Crippen molar-refractivity contribution in [3.8, 4) is 0 Å². The molecule has 2 aromatic heterocycles. The van der Waals surface area contributed by atoms with Crippen molar-refractivity contribution in [2.45, 2.75) is 20.0 Å². The highest BCUT2D eigenvalue weighted by Crippen LogP contribution is 2.23. The lowest BCUT2D eigenvalue weighted by Gasteiger charge is -2.11. The third-order valence-electron chi connectivity index (χ3n) is 4.61. The van der Waals surface area contributed by atoms with Gasteiger partial charge in [-0.2, -0.15) is 0 Å². The standard InChI is InChI=1S/C22H19ClN2O2/c1-15-6-8-16(9-7-15)14-25-19-10-11-27-21(19)12-20(25)22(26)24-13-17-4-2-3-5-18(17)23/h2-12H,13-14H2,1H3,(H,24,26). The molecule has 5 heteroatoms. The Morgan fingerprint density at radius 1 is 1.11 bits per heavy atom. The summed E-state index contributed by atoms with van der Waals surface area (Å²) in [7, 11) is 0. The zero-order valence-corrected chi connectivity index (χ0v) is 15.7. The summed E-state index contributed by atoms with van der Waals surface area (Å²) >= 11 is 6.18. The highest BCUT2D eigenvalue weighted by atomic mass is 35.5. The van der Waals surface area contributed by atoms with E-state index in [0.717, 1.165) is 16.6 Å². The quantitative estimate of drug-likeness (QED) is 0.520. The van der Waals surface area contributed by atoms with E-state index in [1.807, 2.05) is 34.9 Å². The van der Waals surface area contributed by atoms with Crippen molar-refractivity contribution < 1.29 is 9.21 Å². The molecule has 0 spiro atoms. The summed E-state index contributed by atoms with van der Waals surface area (Å²) in [4.78, 5) is 12.8. The molecule has 27 heavy (non-hydrogen) atoms. The second-order valence-electron chi connectivity index (χ2n) is 6.55. The largest absolute Gasteiger partial charge is 0.463 e. The first-order valence-electron chi connectivity index (χ1n) is 8.76. The number of benzene rings is 2. The Hall–Kier alpha value is -2.98. The number of rotatable bonds is 5. The van der Waals surface area contributed by atoms with Gasteiger partial charge in [0.05, 0.1) is 11.8 Å². The van der Waals surface area contributed by atoms with Gasteiger partial charge in [0.25, 0.3) is 5.91 Å². The summed E-state index contributed by atoms with van der Waals surface area (Å²) in [6.45, 7) is 3.02. The van der Waals surface area contributed by atoms with E-state index in [1.165, 1.54) is 5.56 Å². The lowest BCUT2D eigenvalue weighted by atomic mass is 10.1. The van der Waals surface area contributed by atoms with Crippen molar-refractivity contribution in [3.63, 3.8) is 0 Å². The van der Waals surface area contributed by atoms with Crippen molar-refractivity contribution in [2.75, 3.05) is 0 Å². The van der Waals surface area contributed by atoms with Gasteiger partial charge in [0, 0.05) is 30.2 Å². The van der Waals surface area contributed by atoms with Crippen molar-refractivity contribution in [3.05, 3.63) is 94.3 Å². The number of furan rings is 1.